The van der Waals surface area contributed by atoms with Crippen molar-refractivity contribution in [3.8, 4) is 0 Å². The molecule has 0 aliphatic heterocycles. The number of aliphatic carboxylic acids is 1. The summed E-state index contributed by atoms with van der Waals surface area (Å²) < 4.78 is 0. The molecular weight excluding hydrogens is 400 g/mol. The first-order valence-corrected chi connectivity index (χ1v) is 10.9. The second kappa shape index (κ2) is 13.4. The zero-order chi connectivity index (χ0) is 22.7. The third-order valence-electron chi connectivity index (χ3n) is 4.14. The monoisotopic (exact) mass is 434 g/mol. The predicted molar refractivity (Wildman–Crippen MR) is 111 cm³/mol. The largest absolute Gasteiger partial charge is 0.480 e. The van der Waals surface area contributed by atoms with E-state index < -0.39 is 54.0 Å². The fraction of sp³-hybridized carbons (Fsp3) is 0.778. The van der Waals surface area contributed by atoms with Gasteiger partial charge in [-0.15, -0.1) is 0 Å². The van der Waals surface area contributed by atoms with Crippen molar-refractivity contribution in [3.05, 3.63) is 0 Å². The van der Waals surface area contributed by atoms with E-state index in [9.17, 15) is 29.4 Å². The zero-order valence-electron chi connectivity index (χ0n) is 17.6. The summed E-state index contributed by atoms with van der Waals surface area (Å²) in [5, 5.41) is 26.1. The summed E-state index contributed by atoms with van der Waals surface area (Å²) in [4.78, 5) is 48.3. The van der Waals surface area contributed by atoms with Gasteiger partial charge >= 0.3 is 5.97 Å². The van der Waals surface area contributed by atoms with E-state index in [4.69, 9.17) is 5.73 Å². The van der Waals surface area contributed by atoms with Gasteiger partial charge in [-0.1, -0.05) is 13.8 Å². The number of nitrogens with two attached hydrogens (primary N) is 1. The number of carboxylic acid groups (broad SMARTS) is 1. The van der Waals surface area contributed by atoms with Gasteiger partial charge in [0.05, 0.1) is 6.10 Å². The van der Waals surface area contributed by atoms with Crippen molar-refractivity contribution >= 4 is 35.5 Å². The number of carbonyl (C=O) groups is 4. The average Bonchev–Trinajstić information content (AvgIpc) is 2.62. The number of nitrogens with one attached hydrogen (secondary N) is 3. The Bertz CT molecular complexity index is 573. The van der Waals surface area contributed by atoms with Gasteiger partial charge < -0.3 is 31.9 Å². The quantitative estimate of drug-likeness (QED) is 0.215. The molecule has 11 heteroatoms. The Hall–Kier alpha value is -1.85. The van der Waals surface area contributed by atoms with E-state index >= 15 is 0 Å². The molecule has 0 aromatic carbocycles. The van der Waals surface area contributed by atoms with Crippen LogP contribution < -0.4 is 21.7 Å². The average molecular weight is 435 g/mol. The molecule has 0 saturated carbocycles. The van der Waals surface area contributed by atoms with Gasteiger partial charge in [0.2, 0.25) is 17.7 Å². The Morgan fingerprint density at radius 1 is 0.931 bits per heavy atom. The topological polar surface area (TPSA) is 171 Å². The standard InChI is InChI=1S/C18H34N4O6S/c1-9(2)8-13(18(27)28)22-16(25)12(6-7-29-5)21-15(24)10(3)20-17(26)14(19)11(4)23/h9-14,23H,6-8,19H2,1-5H3,(H,20,26)(H,21,24)(H,22,25)(H,27,28). The number of aliphatic hydroxyl groups excluding tert-OH is 1. The molecule has 7 N–H and O–H groups in total. The van der Waals surface area contributed by atoms with Crippen LogP contribution in [0.1, 0.15) is 40.5 Å². The number of rotatable bonds is 13. The van der Waals surface area contributed by atoms with E-state index in [0.717, 1.165) is 0 Å². The van der Waals surface area contributed by atoms with Crippen LogP contribution in [0, 0.1) is 5.92 Å². The Labute approximate surface area is 175 Å². The molecule has 29 heavy (non-hydrogen) atoms. The van der Waals surface area contributed by atoms with E-state index in [0.29, 0.717) is 12.2 Å². The van der Waals surface area contributed by atoms with Gasteiger partial charge in [-0.05, 0) is 44.6 Å². The minimum absolute atomic E-state index is 0.0593. The second-order valence-corrected chi connectivity index (χ2v) is 8.35. The molecule has 0 radical (unpaired) electrons. The first-order valence-electron chi connectivity index (χ1n) is 9.47. The van der Waals surface area contributed by atoms with Crippen molar-refractivity contribution in [2.24, 2.45) is 11.7 Å². The number of hydrogen-bond acceptors (Lipinski definition) is 7. The smallest absolute Gasteiger partial charge is 0.326 e. The van der Waals surface area contributed by atoms with Crippen LogP contribution in [0.15, 0.2) is 0 Å². The first kappa shape index (κ1) is 27.1. The summed E-state index contributed by atoms with van der Waals surface area (Å²) in [5.41, 5.74) is 5.53. The molecule has 0 aliphatic carbocycles. The van der Waals surface area contributed by atoms with E-state index in [1.54, 1.807) is 0 Å². The highest BCUT2D eigenvalue weighted by Gasteiger charge is 2.29. The fourth-order valence-corrected chi connectivity index (χ4v) is 2.83. The molecule has 5 atom stereocenters. The molecule has 0 heterocycles. The maximum absolute atomic E-state index is 12.6. The van der Waals surface area contributed by atoms with E-state index in [1.165, 1.54) is 25.6 Å². The van der Waals surface area contributed by atoms with Crippen molar-refractivity contribution < 1.29 is 29.4 Å². The molecule has 5 unspecified atom stereocenters. The Morgan fingerprint density at radius 3 is 1.93 bits per heavy atom. The number of amides is 3. The van der Waals surface area contributed by atoms with Crippen LogP contribution in [0.25, 0.3) is 0 Å². The second-order valence-electron chi connectivity index (χ2n) is 7.37. The summed E-state index contributed by atoms with van der Waals surface area (Å²) in [6, 6.07) is -4.19. The van der Waals surface area contributed by atoms with Crippen molar-refractivity contribution in [3.63, 3.8) is 0 Å². The molecular formula is C18H34N4O6S. The fourth-order valence-electron chi connectivity index (χ4n) is 2.36. The number of aliphatic hydroxyl groups is 1. The Morgan fingerprint density at radius 2 is 1.48 bits per heavy atom. The van der Waals surface area contributed by atoms with Crippen LogP contribution in [0.2, 0.25) is 0 Å². The van der Waals surface area contributed by atoms with Gasteiger partial charge in [-0.25, -0.2) is 4.79 Å². The Kier molecular flexibility index (Phi) is 12.5. The third-order valence-corrected chi connectivity index (χ3v) is 4.78. The maximum Gasteiger partial charge on any atom is 0.326 e. The van der Waals surface area contributed by atoms with Crippen LogP contribution in [-0.2, 0) is 19.2 Å². The van der Waals surface area contributed by atoms with Gasteiger partial charge in [-0.3, -0.25) is 14.4 Å². The first-order chi connectivity index (χ1) is 13.4. The highest BCUT2D eigenvalue weighted by Crippen LogP contribution is 2.07. The van der Waals surface area contributed by atoms with Crippen molar-refractivity contribution in [2.75, 3.05) is 12.0 Å². The Balaban J connectivity index is 5.07. The van der Waals surface area contributed by atoms with Crippen LogP contribution >= 0.6 is 11.8 Å². The lowest BCUT2D eigenvalue weighted by atomic mass is 10.0. The minimum Gasteiger partial charge on any atom is -0.480 e. The van der Waals surface area contributed by atoms with Crippen molar-refractivity contribution in [2.45, 2.75) is 70.8 Å². The van der Waals surface area contributed by atoms with Gasteiger partial charge in [0.15, 0.2) is 0 Å². The zero-order valence-corrected chi connectivity index (χ0v) is 18.4. The summed E-state index contributed by atoms with van der Waals surface area (Å²) in [6.45, 7) is 6.47. The molecule has 10 nitrogen and oxygen atoms in total. The van der Waals surface area contributed by atoms with E-state index in [2.05, 4.69) is 16.0 Å². The molecule has 0 spiro atoms. The lowest BCUT2D eigenvalue weighted by Gasteiger charge is -2.24. The van der Waals surface area contributed by atoms with E-state index in [1.807, 2.05) is 20.1 Å². The molecule has 0 aromatic heterocycles. The SMILES string of the molecule is CSCCC(NC(=O)C(C)NC(=O)C(N)C(C)O)C(=O)NC(CC(C)C)C(=O)O. The highest BCUT2D eigenvalue weighted by molar-refractivity contribution is 7.98. The summed E-state index contributed by atoms with van der Waals surface area (Å²) >= 11 is 1.47. The number of carboxylic acids is 1. The van der Waals surface area contributed by atoms with Gasteiger partial charge in [-0.2, -0.15) is 11.8 Å². The molecule has 0 aliphatic rings. The maximum atomic E-state index is 12.6. The molecule has 0 bridgehead atoms. The van der Waals surface area contributed by atoms with Crippen LogP contribution in [-0.4, -0.2) is 76.2 Å². The third kappa shape index (κ3) is 10.5. The van der Waals surface area contributed by atoms with Gasteiger partial charge in [0.1, 0.15) is 24.2 Å². The minimum atomic E-state index is -1.19. The summed E-state index contributed by atoms with van der Waals surface area (Å²) in [5.74, 6) is -2.43. The predicted octanol–water partition coefficient (Wildman–Crippen LogP) is -0.947. The van der Waals surface area contributed by atoms with Crippen LogP contribution in [0.5, 0.6) is 0 Å². The van der Waals surface area contributed by atoms with E-state index in [-0.39, 0.29) is 12.3 Å². The molecule has 0 aromatic rings. The lowest BCUT2D eigenvalue weighted by molar-refractivity contribution is -0.142. The summed E-state index contributed by atoms with van der Waals surface area (Å²) in [6.07, 6.45) is 1.31. The molecule has 3 amide bonds. The molecule has 0 saturated heterocycles. The summed E-state index contributed by atoms with van der Waals surface area (Å²) in [7, 11) is 0. The van der Waals surface area contributed by atoms with Crippen molar-refractivity contribution in [1.82, 2.24) is 16.0 Å². The van der Waals surface area contributed by atoms with Crippen LogP contribution in [0.4, 0.5) is 0 Å². The molecule has 0 rings (SSSR count). The number of carbonyl (C=O) groups excluding carboxylic acids is 3. The molecule has 168 valence electrons. The molecule has 0 fully saturated rings. The van der Waals surface area contributed by atoms with Crippen molar-refractivity contribution in [1.29, 1.82) is 0 Å². The lowest BCUT2D eigenvalue weighted by Crippen LogP contribution is -2.57. The number of hydrogen-bond donors (Lipinski definition) is 6. The normalized spacial score (nSPS) is 16.3. The number of thioether (sulfide) groups is 1. The van der Waals surface area contributed by atoms with Crippen LogP contribution in [0.3, 0.4) is 0 Å². The highest BCUT2D eigenvalue weighted by atomic mass is 32.2. The van der Waals surface area contributed by atoms with Gasteiger partial charge in [0, 0.05) is 0 Å². The van der Waals surface area contributed by atoms with Gasteiger partial charge in [0.25, 0.3) is 0 Å².